The third-order valence-corrected chi connectivity index (χ3v) is 5.36. The van der Waals surface area contributed by atoms with Crippen LogP contribution in [-0.2, 0) is 16.1 Å². The van der Waals surface area contributed by atoms with Crippen LogP contribution >= 0.6 is 11.8 Å². The molecule has 0 unspecified atom stereocenters. The predicted octanol–water partition coefficient (Wildman–Crippen LogP) is 2.75. The number of ether oxygens (including phenoxy) is 3. The van der Waals surface area contributed by atoms with Crippen LogP contribution in [0.3, 0.4) is 0 Å². The van der Waals surface area contributed by atoms with E-state index in [4.69, 9.17) is 14.2 Å². The Morgan fingerprint density at radius 3 is 2.79 bits per heavy atom. The van der Waals surface area contributed by atoms with Gasteiger partial charge in [0.05, 0.1) is 18.5 Å². The first-order chi connectivity index (χ1) is 11.8. The Hall–Kier alpha value is -2.15. The summed E-state index contributed by atoms with van der Waals surface area (Å²) < 4.78 is 18.4. The maximum Gasteiger partial charge on any atom is 0.319 e. The van der Waals surface area contributed by atoms with Crippen LogP contribution in [0.2, 0.25) is 0 Å². The van der Waals surface area contributed by atoms with Gasteiger partial charge < -0.3 is 18.8 Å². The number of carbonyl (C=O) groups is 1. The van der Waals surface area contributed by atoms with E-state index in [1.807, 2.05) is 24.4 Å². The number of hydrogen-bond acceptors (Lipinski definition) is 6. The van der Waals surface area contributed by atoms with Crippen molar-refractivity contribution < 1.29 is 19.0 Å². The number of rotatable bonds is 4. The molecule has 0 aliphatic carbocycles. The molecule has 0 amide bonds. The second-order valence-corrected chi connectivity index (χ2v) is 6.76. The summed E-state index contributed by atoms with van der Waals surface area (Å²) in [4.78, 5) is 16.2. The Kier molecular flexibility index (Phi) is 4.10. The van der Waals surface area contributed by atoms with Crippen LogP contribution in [-0.4, -0.2) is 40.6 Å². The molecule has 6 nitrogen and oxygen atoms in total. The first-order valence-corrected chi connectivity index (χ1v) is 8.93. The maximum atomic E-state index is 11.7. The van der Waals surface area contributed by atoms with Crippen molar-refractivity contribution in [1.29, 1.82) is 0 Å². The molecule has 0 N–H and O–H groups in total. The summed E-state index contributed by atoms with van der Waals surface area (Å²) in [7, 11) is 0. The molecule has 0 saturated carbocycles. The fourth-order valence-corrected chi connectivity index (χ4v) is 4.00. The highest BCUT2D eigenvalue weighted by atomic mass is 32.2. The monoisotopic (exact) mass is 346 g/mol. The molecule has 3 heterocycles. The van der Waals surface area contributed by atoms with Gasteiger partial charge >= 0.3 is 5.97 Å². The molecule has 7 heteroatoms. The van der Waals surface area contributed by atoms with E-state index in [9.17, 15) is 4.79 Å². The van der Waals surface area contributed by atoms with Gasteiger partial charge in [-0.25, -0.2) is 4.98 Å². The zero-order chi connectivity index (χ0) is 16.5. The van der Waals surface area contributed by atoms with Crippen molar-refractivity contribution in [1.82, 2.24) is 9.55 Å². The van der Waals surface area contributed by atoms with Crippen LogP contribution in [0.1, 0.15) is 13.3 Å². The number of fused-ring (bicyclic) bond motifs is 1. The molecule has 1 aromatic heterocycles. The van der Waals surface area contributed by atoms with Gasteiger partial charge in [-0.15, -0.1) is 0 Å². The molecule has 1 fully saturated rings. The number of thioether (sulfide) groups is 1. The van der Waals surface area contributed by atoms with Gasteiger partial charge in [-0.1, -0.05) is 11.8 Å². The first kappa shape index (κ1) is 15.4. The van der Waals surface area contributed by atoms with Crippen molar-refractivity contribution in [2.45, 2.75) is 30.3 Å². The third-order valence-electron chi connectivity index (χ3n) is 4.11. The summed E-state index contributed by atoms with van der Waals surface area (Å²) >= 11 is 1.48. The van der Waals surface area contributed by atoms with Gasteiger partial charge in [0.2, 0.25) is 0 Å². The minimum absolute atomic E-state index is 0.147. The van der Waals surface area contributed by atoms with Crippen LogP contribution in [0.5, 0.6) is 11.5 Å². The zero-order valence-electron chi connectivity index (χ0n) is 13.4. The molecule has 4 rings (SSSR count). The SMILES string of the molecule is CCn1c(-c2ccc3c(c2)OCCO3)cnc1S[C@@H]1CCOC1=O. The summed E-state index contributed by atoms with van der Waals surface area (Å²) in [5.41, 5.74) is 2.03. The van der Waals surface area contributed by atoms with Crippen molar-refractivity contribution >= 4 is 17.7 Å². The smallest absolute Gasteiger partial charge is 0.319 e. The van der Waals surface area contributed by atoms with Crippen molar-refractivity contribution in [3.8, 4) is 22.8 Å². The molecular weight excluding hydrogens is 328 g/mol. The molecule has 1 aromatic carbocycles. The Morgan fingerprint density at radius 2 is 2.04 bits per heavy atom. The quantitative estimate of drug-likeness (QED) is 0.793. The van der Waals surface area contributed by atoms with Crippen molar-refractivity contribution in [3.63, 3.8) is 0 Å². The van der Waals surface area contributed by atoms with E-state index < -0.39 is 0 Å². The van der Waals surface area contributed by atoms with Crippen molar-refractivity contribution in [2.75, 3.05) is 19.8 Å². The number of imidazole rings is 1. The van der Waals surface area contributed by atoms with Crippen LogP contribution in [0.25, 0.3) is 11.3 Å². The molecule has 24 heavy (non-hydrogen) atoms. The van der Waals surface area contributed by atoms with E-state index >= 15 is 0 Å². The predicted molar refractivity (Wildman–Crippen MR) is 89.5 cm³/mol. The lowest BCUT2D eigenvalue weighted by Gasteiger charge is -2.19. The highest BCUT2D eigenvalue weighted by Crippen LogP contribution is 2.36. The number of carbonyl (C=O) groups excluding carboxylic acids is 1. The van der Waals surface area contributed by atoms with Gasteiger partial charge in [0.25, 0.3) is 0 Å². The number of hydrogen-bond donors (Lipinski definition) is 0. The molecule has 1 saturated heterocycles. The number of benzene rings is 1. The third kappa shape index (κ3) is 2.73. The largest absolute Gasteiger partial charge is 0.486 e. The molecule has 0 radical (unpaired) electrons. The zero-order valence-corrected chi connectivity index (χ0v) is 14.2. The summed E-state index contributed by atoms with van der Waals surface area (Å²) in [5, 5.41) is 0.678. The lowest BCUT2D eigenvalue weighted by Crippen LogP contribution is -2.15. The van der Waals surface area contributed by atoms with Gasteiger partial charge in [0, 0.05) is 18.5 Å². The summed E-state index contributed by atoms with van der Waals surface area (Å²) in [5.74, 6) is 1.39. The number of esters is 1. The lowest BCUT2D eigenvalue weighted by atomic mass is 10.1. The van der Waals surface area contributed by atoms with Crippen LogP contribution < -0.4 is 9.47 Å². The average Bonchev–Trinajstić information content (AvgIpc) is 3.21. The molecule has 0 spiro atoms. The topological polar surface area (TPSA) is 62.6 Å². The molecule has 126 valence electrons. The number of aromatic nitrogens is 2. The number of nitrogens with zero attached hydrogens (tertiary/aromatic N) is 2. The maximum absolute atomic E-state index is 11.7. The summed E-state index contributed by atoms with van der Waals surface area (Å²) in [6.07, 6.45) is 2.58. The number of cyclic esters (lactones) is 1. The second-order valence-electron chi connectivity index (χ2n) is 5.59. The molecule has 2 aliphatic heterocycles. The standard InChI is InChI=1S/C17H18N2O4S/c1-2-19-12(10-18-17(19)24-15-5-6-23-16(15)20)11-3-4-13-14(9-11)22-8-7-21-13/h3-4,9-10,15H,2,5-8H2,1H3/t15-/m1/s1. The van der Waals surface area contributed by atoms with Gasteiger partial charge in [0.1, 0.15) is 18.5 Å². The average molecular weight is 346 g/mol. The van der Waals surface area contributed by atoms with Gasteiger partial charge in [0.15, 0.2) is 16.7 Å². The molecule has 2 aromatic rings. The van der Waals surface area contributed by atoms with Gasteiger partial charge in [-0.3, -0.25) is 4.79 Å². The van der Waals surface area contributed by atoms with Crippen molar-refractivity contribution in [2.24, 2.45) is 0 Å². The fourth-order valence-electron chi connectivity index (χ4n) is 2.90. The van der Waals surface area contributed by atoms with E-state index in [1.54, 1.807) is 0 Å². The molecule has 0 bridgehead atoms. The Bertz CT molecular complexity index is 774. The Morgan fingerprint density at radius 1 is 1.21 bits per heavy atom. The van der Waals surface area contributed by atoms with Crippen LogP contribution in [0.4, 0.5) is 0 Å². The Balaban J connectivity index is 1.65. The normalized spacial score (nSPS) is 19.4. The Labute approximate surface area is 144 Å². The minimum Gasteiger partial charge on any atom is -0.486 e. The molecule has 1 atom stereocenters. The van der Waals surface area contributed by atoms with E-state index in [-0.39, 0.29) is 11.2 Å². The highest BCUT2D eigenvalue weighted by Gasteiger charge is 2.29. The van der Waals surface area contributed by atoms with E-state index in [0.717, 1.165) is 40.9 Å². The first-order valence-electron chi connectivity index (χ1n) is 8.05. The second kappa shape index (κ2) is 6.39. The van der Waals surface area contributed by atoms with Gasteiger partial charge in [-0.05, 0) is 25.1 Å². The van der Waals surface area contributed by atoms with Gasteiger partial charge in [-0.2, -0.15) is 0 Å². The molecular formula is C17H18N2O4S. The highest BCUT2D eigenvalue weighted by molar-refractivity contribution is 8.00. The fraction of sp³-hybridized carbons (Fsp3) is 0.412. The lowest BCUT2D eigenvalue weighted by molar-refractivity contribution is -0.137. The van der Waals surface area contributed by atoms with Crippen LogP contribution in [0, 0.1) is 0 Å². The molecule has 2 aliphatic rings. The summed E-state index contributed by atoms with van der Waals surface area (Å²) in [6.45, 7) is 4.48. The summed E-state index contributed by atoms with van der Waals surface area (Å²) in [6, 6.07) is 5.92. The van der Waals surface area contributed by atoms with E-state index in [0.29, 0.717) is 19.8 Å². The van der Waals surface area contributed by atoms with Crippen LogP contribution in [0.15, 0.2) is 29.6 Å². The van der Waals surface area contributed by atoms with Crippen molar-refractivity contribution in [3.05, 3.63) is 24.4 Å². The minimum atomic E-state index is -0.161. The van der Waals surface area contributed by atoms with E-state index in [1.165, 1.54) is 11.8 Å². The van der Waals surface area contributed by atoms with E-state index in [2.05, 4.69) is 16.5 Å².